The number of anilines is 1. The van der Waals surface area contributed by atoms with Gasteiger partial charge in [-0.1, -0.05) is 6.92 Å². The Labute approximate surface area is 126 Å². The molecule has 0 unspecified atom stereocenters. The Morgan fingerprint density at radius 3 is 2.80 bits per heavy atom. The number of rotatable bonds is 6. The normalized spacial score (nSPS) is 10.8. The predicted molar refractivity (Wildman–Crippen MR) is 81.7 cm³/mol. The van der Waals surface area contributed by atoms with Crippen LogP contribution in [-0.2, 0) is 11.3 Å². The maximum atomic E-state index is 5.33. The summed E-state index contributed by atoms with van der Waals surface area (Å²) in [6.45, 7) is 5.29. The van der Waals surface area contributed by atoms with Gasteiger partial charge < -0.3 is 14.5 Å². The van der Waals surface area contributed by atoms with Crippen LogP contribution in [0, 0.1) is 6.92 Å². The molecule has 0 fully saturated rings. The molecule has 0 saturated heterocycles. The van der Waals surface area contributed by atoms with E-state index in [2.05, 4.69) is 38.1 Å². The highest BCUT2D eigenvalue weighted by Gasteiger charge is 2.15. The lowest BCUT2D eigenvalue weighted by Crippen LogP contribution is -2.08. The van der Waals surface area contributed by atoms with Crippen LogP contribution >= 0.6 is 15.9 Å². The van der Waals surface area contributed by atoms with E-state index in [1.807, 2.05) is 13.0 Å². The second-order valence-electron chi connectivity index (χ2n) is 4.41. The largest absolute Gasteiger partial charge is 0.469 e. The van der Waals surface area contributed by atoms with Crippen LogP contribution in [0.15, 0.2) is 21.2 Å². The molecule has 0 aliphatic rings. The van der Waals surface area contributed by atoms with Crippen LogP contribution in [0.4, 0.5) is 5.82 Å². The van der Waals surface area contributed by atoms with E-state index in [0.717, 1.165) is 40.3 Å². The summed E-state index contributed by atoms with van der Waals surface area (Å²) in [5.74, 6) is 2.23. The summed E-state index contributed by atoms with van der Waals surface area (Å²) in [7, 11) is 1.65. The number of nitrogens with zero attached hydrogens (tertiary/aromatic N) is 2. The molecule has 0 amide bonds. The minimum absolute atomic E-state index is 0.424. The molecule has 0 bridgehead atoms. The Hall–Kier alpha value is -1.40. The summed E-state index contributed by atoms with van der Waals surface area (Å²) in [4.78, 5) is 9.12. The summed E-state index contributed by atoms with van der Waals surface area (Å²) >= 11 is 3.54. The maximum Gasteiger partial charge on any atom is 0.165 e. The lowest BCUT2D eigenvalue weighted by molar-refractivity contribution is 0.181. The Balaban J connectivity index is 2.46. The number of ether oxygens (including phenoxy) is 1. The van der Waals surface area contributed by atoms with Gasteiger partial charge in [0.25, 0.3) is 0 Å². The second kappa shape index (κ2) is 6.85. The Morgan fingerprint density at radius 2 is 2.20 bits per heavy atom. The van der Waals surface area contributed by atoms with Crippen molar-refractivity contribution in [2.75, 3.05) is 19.0 Å². The zero-order valence-electron chi connectivity index (χ0n) is 11.9. The number of hydrogen-bond donors (Lipinski definition) is 1. The van der Waals surface area contributed by atoms with Crippen molar-refractivity contribution in [3.63, 3.8) is 0 Å². The number of methoxy groups -OCH3 is 1. The van der Waals surface area contributed by atoms with Crippen molar-refractivity contribution in [3.05, 3.63) is 28.3 Å². The Kier molecular flexibility index (Phi) is 5.14. The number of aryl methyl sites for hydroxylation is 1. The Bertz CT molecular complexity index is 584. The van der Waals surface area contributed by atoms with E-state index in [9.17, 15) is 0 Å². The number of furan rings is 1. The number of halogens is 1. The molecule has 0 atom stereocenters. The fourth-order valence-electron chi connectivity index (χ4n) is 1.82. The van der Waals surface area contributed by atoms with Gasteiger partial charge in [-0.3, -0.25) is 0 Å². The molecule has 2 aromatic heterocycles. The van der Waals surface area contributed by atoms with Crippen LogP contribution in [0.2, 0.25) is 0 Å². The zero-order chi connectivity index (χ0) is 14.5. The number of hydrogen-bond acceptors (Lipinski definition) is 5. The van der Waals surface area contributed by atoms with E-state index < -0.39 is 0 Å². The molecule has 1 N–H and O–H groups in total. The molecule has 5 nitrogen and oxygen atoms in total. The van der Waals surface area contributed by atoms with Gasteiger partial charge in [0.15, 0.2) is 5.82 Å². The number of aromatic nitrogens is 2. The summed E-state index contributed by atoms with van der Waals surface area (Å²) in [5.41, 5.74) is 1.71. The van der Waals surface area contributed by atoms with Crippen molar-refractivity contribution in [2.45, 2.75) is 26.9 Å². The van der Waals surface area contributed by atoms with Crippen LogP contribution in [0.3, 0.4) is 0 Å². The predicted octanol–water partition coefficient (Wildman–Crippen LogP) is 3.78. The topological polar surface area (TPSA) is 60.2 Å². The molecule has 2 rings (SSSR count). The Morgan fingerprint density at radius 1 is 1.40 bits per heavy atom. The molecule has 2 heterocycles. The molecule has 6 heteroatoms. The fraction of sp³-hybridized carbons (Fsp3) is 0.429. The molecule has 0 aliphatic heterocycles. The van der Waals surface area contributed by atoms with Crippen molar-refractivity contribution in [1.82, 2.24) is 9.97 Å². The molecule has 0 saturated carbocycles. The molecule has 0 radical (unpaired) electrons. The molecule has 108 valence electrons. The van der Waals surface area contributed by atoms with Crippen LogP contribution in [0.1, 0.15) is 24.8 Å². The summed E-state index contributed by atoms with van der Waals surface area (Å²) < 4.78 is 11.4. The summed E-state index contributed by atoms with van der Waals surface area (Å²) in [6, 6.07) is 1.87. The quantitative estimate of drug-likeness (QED) is 0.867. The van der Waals surface area contributed by atoms with Crippen molar-refractivity contribution in [3.8, 4) is 11.4 Å². The van der Waals surface area contributed by atoms with Gasteiger partial charge in [-0.2, -0.15) is 0 Å². The van der Waals surface area contributed by atoms with Gasteiger partial charge in [-0.25, -0.2) is 9.97 Å². The molecular weight excluding hydrogens is 322 g/mol. The van der Waals surface area contributed by atoms with E-state index in [1.54, 1.807) is 13.4 Å². The summed E-state index contributed by atoms with van der Waals surface area (Å²) in [6.07, 6.45) is 2.67. The third kappa shape index (κ3) is 3.19. The smallest absolute Gasteiger partial charge is 0.165 e. The molecule has 20 heavy (non-hydrogen) atoms. The van der Waals surface area contributed by atoms with Crippen LogP contribution in [0.5, 0.6) is 0 Å². The monoisotopic (exact) mass is 339 g/mol. The van der Waals surface area contributed by atoms with Gasteiger partial charge in [0.1, 0.15) is 11.6 Å². The van der Waals surface area contributed by atoms with Crippen LogP contribution in [0.25, 0.3) is 11.4 Å². The third-order valence-electron chi connectivity index (χ3n) is 2.84. The first-order valence-corrected chi connectivity index (χ1v) is 7.30. The first-order valence-electron chi connectivity index (χ1n) is 6.51. The van der Waals surface area contributed by atoms with E-state index in [-0.39, 0.29) is 0 Å². The van der Waals surface area contributed by atoms with Gasteiger partial charge in [0.2, 0.25) is 0 Å². The number of nitrogens with one attached hydrogen (secondary N) is 1. The molecule has 2 aromatic rings. The third-order valence-corrected chi connectivity index (χ3v) is 3.68. The minimum Gasteiger partial charge on any atom is -0.469 e. The van der Waals surface area contributed by atoms with E-state index in [4.69, 9.17) is 9.15 Å². The first-order chi connectivity index (χ1) is 9.67. The highest BCUT2D eigenvalue weighted by molar-refractivity contribution is 9.10. The van der Waals surface area contributed by atoms with Gasteiger partial charge >= 0.3 is 0 Å². The van der Waals surface area contributed by atoms with Crippen molar-refractivity contribution >= 4 is 21.7 Å². The zero-order valence-corrected chi connectivity index (χ0v) is 13.5. The van der Waals surface area contributed by atoms with Crippen molar-refractivity contribution in [2.24, 2.45) is 0 Å². The van der Waals surface area contributed by atoms with E-state index in [1.165, 1.54) is 0 Å². The molecule has 0 aromatic carbocycles. The molecule has 0 aliphatic carbocycles. The summed E-state index contributed by atoms with van der Waals surface area (Å²) in [5, 5.41) is 3.30. The fourth-order valence-corrected chi connectivity index (χ4v) is 2.26. The van der Waals surface area contributed by atoms with Gasteiger partial charge in [-0.15, -0.1) is 0 Å². The average Bonchev–Trinajstić information content (AvgIpc) is 2.86. The van der Waals surface area contributed by atoms with E-state index in [0.29, 0.717) is 12.4 Å². The molecule has 0 spiro atoms. The van der Waals surface area contributed by atoms with Crippen LogP contribution < -0.4 is 5.32 Å². The van der Waals surface area contributed by atoms with Crippen molar-refractivity contribution < 1.29 is 9.15 Å². The lowest BCUT2D eigenvalue weighted by Gasteiger charge is -2.12. The molecular formula is C14H18BrN3O2. The van der Waals surface area contributed by atoms with Gasteiger partial charge in [0.05, 0.1) is 28.6 Å². The first kappa shape index (κ1) is 15.0. The highest BCUT2D eigenvalue weighted by Crippen LogP contribution is 2.29. The average molecular weight is 340 g/mol. The SMILES string of the molecule is CCCNc1nc(-c2ccoc2C)nc(COC)c1Br. The van der Waals surface area contributed by atoms with Crippen LogP contribution in [-0.4, -0.2) is 23.6 Å². The van der Waals surface area contributed by atoms with Gasteiger partial charge in [-0.05, 0) is 35.3 Å². The standard InChI is InChI=1S/C14H18BrN3O2/c1-4-6-16-14-12(15)11(8-19-3)17-13(18-14)10-5-7-20-9(10)2/h5,7H,4,6,8H2,1-3H3,(H,16,17,18). The van der Waals surface area contributed by atoms with E-state index >= 15 is 0 Å². The van der Waals surface area contributed by atoms with Gasteiger partial charge in [0, 0.05) is 13.7 Å². The van der Waals surface area contributed by atoms with Crippen molar-refractivity contribution in [1.29, 1.82) is 0 Å². The lowest BCUT2D eigenvalue weighted by atomic mass is 10.2. The minimum atomic E-state index is 0.424. The highest BCUT2D eigenvalue weighted by atomic mass is 79.9. The maximum absolute atomic E-state index is 5.33. The second-order valence-corrected chi connectivity index (χ2v) is 5.20.